The highest BCUT2D eigenvalue weighted by Gasteiger charge is 2.11. The predicted octanol–water partition coefficient (Wildman–Crippen LogP) is 3.21. The Hall–Kier alpha value is -2.16. The summed E-state index contributed by atoms with van der Waals surface area (Å²) in [6.07, 6.45) is 0. The molecule has 0 spiro atoms. The Kier molecular flexibility index (Phi) is 3.15. The number of carbonyl (C=O) groups is 1. The van der Waals surface area contributed by atoms with Gasteiger partial charge in [0.25, 0.3) is 0 Å². The molecule has 0 aromatic heterocycles. The first-order valence-electron chi connectivity index (χ1n) is 5.65. The van der Waals surface area contributed by atoms with E-state index in [4.69, 9.17) is 5.73 Å². The molecule has 0 aliphatic carbocycles. The second kappa shape index (κ2) is 4.61. The van der Waals surface area contributed by atoms with E-state index in [0.717, 1.165) is 16.7 Å². The summed E-state index contributed by atoms with van der Waals surface area (Å²) in [5.41, 5.74) is 9.11. The molecule has 0 radical (unpaired) electrons. The van der Waals surface area contributed by atoms with Gasteiger partial charge in [0, 0.05) is 5.56 Å². The molecule has 0 unspecified atom stereocenters. The van der Waals surface area contributed by atoms with Gasteiger partial charge in [-0.1, -0.05) is 29.3 Å². The van der Waals surface area contributed by atoms with Gasteiger partial charge in [0.1, 0.15) is 5.82 Å². The first kappa shape index (κ1) is 12.3. The van der Waals surface area contributed by atoms with Crippen LogP contribution in [0.2, 0.25) is 0 Å². The summed E-state index contributed by atoms with van der Waals surface area (Å²) in [6.45, 7) is 3.92. The van der Waals surface area contributed by atoms with Gasteiger partial charge in [0.15, 0.2) is 0 Å². The van der Waals surface area contributed by atoms with Crippen molar-refractivity contribution < 1.29 is 9.18 Å². The molecule has 0 aliphatic rings. The zero-order valence-corrected chi connectivity index (χ0v) is 10.3. The van der Waals surface area contributed by atoms with Gasteiger partial charge in [-0.2, -0.15) is 0 Å². The Morgan fingerprint density at radius 1 is 1.06 bits per heavy atom. The molecule has 92 valence electrons. The molecular weight excluding hydrogens is 229 g/mol. The van der Waals surface area contributed by atoms with Crippen LogP contribution in [0.25, 0.3) is 11.1 Å². The normalized spacial score (nSPS) is 10.4. The molecule has 3 heteroatoms. The topological polar surface area (TPSA) is 43.1 Å². The molecule has 2 N–H and O–H groups in total. The molecule has 0 aliphatic heterocycles. The minimum Gasteiger partial charge on any atom is -0.366 e. The van der Waals surface area contributed by atoms with Gasteiger partial charge in [0.05, 0.1) is 0 Å². The van der Waals surface area contributed by atoms with Crippen molar-refractivity contribution in [2.24, 2.45) is 5.73 Å². The third-order valence-corrected chi connectivity index (χ3v) is 2.78. The van der Waals surface area contributed by atoms with Crippen molar-refractivity contribution in [2.45, 2.75) is 13.8 Å². The number of nitrogens with two attached hydrogens (primary N) is 1. The number of carbonyl (C=O) groups excluding carboxylic acids is 1. The van der Waals surface area contributed by atoms with Crippen LogP contribution in [0.3, 0.4) is 0 Å². The Bertz CT molecular complexity index is 600. The van der Waals surface area contributed by atoms with Crippen molar-refractivity contribution in [3.8, 4) is 11.1 Å². The van der Waals surface area contributed by atoms with Crippen molar-refractivity contribution in [1.82, 2.24) is 0 Å². The van der Waals surface area contributed by atoms with Crippen LogP contribution in [0.15, 0.2) is 36.4 Å². The molecule has 2 aromatic carbocycles. The van der Waals surface area contributed by atoms with Gasteiger partial charge >= 0.3 is 0 Å². The van der Waals surface area contributed by atoms with Crippen molar-refractivity contribution in [3.05, 3.63) is 58.9 Å². The number of hydrogen-bond donors (Lipinski definition) is 1. The number of benzene rings is 2. The summed E-state index contributed by atoms with van der Waals surface area (Å²) in [5, 5.41) is 0. The van der Waals surface area contributed by atoms with Gasteiger partial charge in [-0.25, -0.2) is 4.39 Å². The van der Waals surface area contributed by atoms with Crippen LogP contribution in [0.4, 0.5) is 4.39 Å². The number of hydrogen-bond acceptors (Lipinski definition) is 1. The molecule has 2 rings (SSSR count). The molecule has 0 heterocycles. The molecule has 2 nitrogen and oxygen atoms in total. The summed E-state index contributed by atoms with van der Waals surface area (Å²) in [6, 6.07) is 9.85. The quantitative estimate of drug-likeness (QED) is 0.864. The van der Waals surface area contributed by atoms with Crippen LogP contribution in [-0.4, -0.2) is 5.91 Å². The highest BCUT2D eigenvalue weighted by Crippen LogP contribution is 2.26. The maximum absolute atomic E-state index is 13.3. The molecule has 0 atom stereocenters. The third kappa shape index (κ3) is 2.40. The van der Waals surface area contributed by atoms with Gasteiger partial charge in [-0.3, -0.25) is 4.79 Å². The van der Waals surface area contributed by atoms with E-state index in [1.165, 1.54) is 18.2 Å². The molecular formula is C15H14FNO. The average Bonchev–Trinajstić information content (AvgIpc) is 2.27. The lowest BCUT2D eigenvalue weighted by atomic mass is 9.96. The van der Waals surface area contributed by atoms with Crippen LogP contribution in [0.1, 0.15) is 21.5 Å². The highest BCUT2D eigenvalue weighted by atomic mass is 19.1. The second-order valence-corrected chi connectivity index (χ2v) is 4.43. The lowest BCUT2D eigenvalue weighted by Crippen LogP contribution is -2.12. The average molecular weight is 243 g/mol. The zero-order chi connectivity index (χ0) is 13.3. The van der Waals surface area contributed by atoms with E-state index >= 15 is 0 Å². The van der Waals surface area contributed by atoms with E-state index in [-0.39, 0.29) is 5.82 Å². The highest BCUT2D eigenvalue weighted by molar-refractivity contribution is 5.99. The van der Waals surface area contributed by atoms with Crippen LogP contribution < -0.4 is 5.73 Å². The van der Waals surface area contributed by atoms with E-state index < -0.39 is 5.91 Å². The summed E-state index contributed by atoms with van der Waals surface area (Å²) >= 11 is 0. The van der Waals surface area contributed by atoms with Crippen LogP contribution >= 0.6 is 0 Å². The summed E-state index contributed by atoms with van der Waals surface area (Å²) < 4.78 is 13.3. The zero-order valence-electron chi connectivity index (χ0n) is 10.3. The van der Waals surface area contributed by atoms with Crippen molar-refractivity contribution in [2.75, 3.05) is 0 Å². The first-order chi connectivity index (χ1) is 8.47. The molecule has 18 heavy (non-hydrogen) atoms. The largest absolute Gasteiger partial charge is 0.366 e. The molecule has 0 fully saturated rings. The summed E-state index contributed by atoms with van der Waals surface area (Å²) in [7, 11) is 0. The summed E-state index contributed by atoms with van der Waals surface area (Å²) in [5.74, 6) is -0.932. The van der Waals surface area contributed by atoms with E-state index in [9.17, 15) is 9.18 Å². The fourth-order valence-corrected chi connectivity index (χ4v) is 2.10. The molecule has 0 saturated heterocycles. The Morgan fingerprint density at radius 3 is 2.22 bits per heavy atom. The molecule has 0 saturated carbocycles. The third-order valence-electron chi connectivity index (χ3n) is 2.78. The fraction of sp³-hybridized carbons (Fsp3) is 0.133. The predicted molar refractivity (Wildman–Crippen MR) is 69.8 cm³/mol. The van der Waals surface area contributed by atoms with E-state index in [1.807, 2.05) is 32.0 Å². The minimum atomic E-state index is -0.552. The molecule has 2 aromatic rings. The lowest BCUT2D eigenvalue weighted by Gasteiger charge is -2.09. The van der Waals surface area contributed by atoms with Gasteiger partial charge in [-0.05, 0) is 43.2 Å². The van der Waals surface area contributed by atoms with Crippen LogP contribution in [0, 0.1) is 19.7 Å². The van der Waals surface area contributed by atoms with Gasteiger partial charge in [0.2, 0.25) is 5.91 Å². The van der Waals surface area contributed by atoms with Crippen molar-refractivity contribution >= 4 is 5.91 Å². The lowest BCUT2D eigenvalue weighted by molar-refractivity contribution is 0.100. The SMILES string of the molecule is Cc1cc(C)cc(-c2cc(F)ccc2C(N)=O)c1. The standard InChI is InChI=1S/C15H14FNO/c1-9-5-10(2)7-11(6-9)14-8-12(16)3-4-13(14)15(17)18/h3-8H,1-2H3,(H2,17,18). The number of rotatable bonds is 2. The molecule has 1 amide bonds. The van der Waals surface area contributed by atoms with Crippen molar-refractivity contribution in [1.29, 1.82) is 0 Å². The number of primary amides is 1. The van der Waals surface area contributed by atoms with Crippen LogP contribution in [-0.2, 0) is 0 Å². The number of halogens is 1. The number of amides is 1. The second-order valence-electron chi connectivity index (χ2n) is 4.43. The smallest absolute Gasteiger partial charge is 0.249 e. The van der Waals surface area contributed by atoms with E-state index in [2.05, 4.69) is 0 Å². The van der Waals surface area contributed by atoms with Gasteiger partial charge in [-0.15, -0.1) is 0 Å². The Labute approximate surface area is 105 Å². The molecule has 0 bridgehead atoms. The van der Waals surface area contributed by atoms with Gasteiger partial charge < -0.3 is 5.73 Å². The van der Waals surface area contributed by atoms with Crippen molar-refractivity contribution in [3.63, 3.8) is 0 Å². The van der Waals surface area contributed by atoms with E-state index in [1.54, 1.807) is 0 Å². The van der Waals surface area contributed by atoms with E-state index in [0.29, 0.717) is 11.1 Å². The summed E-state index contributed by atoms with van der Waals surface area (Å²) in [4.78, 5) is 11.4. The van der Waals surface area contributed by atoms with Crippen LogP contribution in [0.5, 0.6) is 0 Å². The Morgan fingerprint density at radius 2 is 1.67 bits per heavy atom. The fourth-order valence-electron chi connectivity index (χ4n) is 2.10. The number of aryl methyl sites for hydroxylation is 2. The monoisotopic (exact) mass is 243 g/mol. The maximum atomic E-state index is 13.3. The minimum absolute atomic E-state index is 0.335. The maximum Gasteiger partial charge on any atom is 0.249 e. The first-order valence-corrected chi connectivity index (χ1v) is 5.65. The Balaban J connectivity index is 2.68.